The van der Waals surface area contributed by atoms with Gasteiger partial charge >= 0.3 is 0 Å². The van der Waals surface area contributed by atoms with Crippen molar-refractivity contribution in [2.45, 2.75) is 5.03 Å². The van der Waals surface area contributed by atoms with Crippen LogP contribution in [0.3, 0.4) is 0 Å². The number of hydrogen-bond acceptors (Lipinski definition) is 7. The maximum atomic E-state index is 12.2. The molecule has 2 N–H and O–H groups in total. The number of carbonyl (C=O) groups excluding carboxylic acids is 1. The van der Waals surface area contributed by atoms with Crippen molar-refractivity contribution in [1.29, 1.82) is 0 Å². The summed E-state index contributed by atoms with van der Waals surface area (Å²) in [6, 6.07) is 5.33. The molecule has 122 valence electrons. The van der Waals surface area contributed by atoms with Gasteiger partial charge in [0, 0.05) is 11.8 Å². The minimum atomic E-state index is -0.136. The Labute approximate surface area is 141 Å². The van der Waals surface area contributed by atoms with E-state index in [-0.39, 0.29) is 11.7 Å². The Bertz CT molecular complexity index is 898. The molecule has 9 heteroatoms. The molecular formula is C15H13N5O3S. The summed E-state index contributed by atoms with van der Waals surface area (Å²) in [6.07, 6.45) is 2.99. The SMILES string of the molecule is O=C(CSc1ncnc2nc[nH]c12)Nc1ccc2c(c1)OCCO2. The molecule has 0 spiro atoms. The normalized spacial score (nSPS) is 13.0. The van der Waals surface area contributed by atoms with Gasteiger partial charge in [-0.3, -0.25) is 4.79 Å². The maximum Gasteiger partial charge on any atom is 0.234 e. The van der Waals surface area contributed by atoms with Crippen molar-refractivity contribution < 1.29 is 14.3 Å². The fourth-order valence-electron chi connectivity index (χ4n) is 2.30. The van der Waals surface area contributed by atoms with Gasteiger partial charge in [0.2, 0.25) is 5.91 Å². The van der Waals surface area contributed by atoms with Gasteiger partial charge in [-0.25, -0.2) is 15.0 Å². The Morgan fingerprint density at radius 3 is 3.00 bits per heavy atom. The molecular weight excluding hydrogens is 330 g/mol. The van der Waals surface area contributed by atoms with Crippen LogP contribution in [-0.4, -0.2) is 44.8 Å². The number of nitrogens with one attached hydrogen (secondary N) is 2. The first-order valence-electron chi connectivity index (χ1n) is 7.26. The van der Waals surface area contributed by atoms with E-state index in [0.717, 1.165) is 5.52 Å². The molecule has 1 aromatic carbocycles. The van der Waals surface area contributed by atoms with Crippen LogP contribution in [0.15, 0.2) is 35.9 Å². The summed E-state index contributed by atoms with van der Waals surface area (Å²) in [4.78, 5) is 27.4. The van der Waals surface area contributed by atoms with E-state index in [2.05, 4.69) is 25.3 Å². The van der Waals surface area contributed by atoms with E-state index in [1.54, 1.807) is 24.5 Å². The lowest BCUT2D eigenvalue weighted by atomic mass is 10.2. The van der Waals surface area contributed by atoms with Crippen LogP contribution in [0.1, 0.15) is 0 Å². The number of ether oxygens (including phenoxy) is 2. The van der Waals surface area contributed by atoms with Crippen LogP contribution in [0.4, 0.5) is 5.69 Å². The minimum absolute atomic E-state index is 0.136. The van der Waals surface area contributed by atoms with Crippen molar-refractivity contribution in [3.8, 4) is 11.5 Å². The zero-order chi connectivity index (χ0) is 16.4. The summed E-state index contributed by atoms with van der Waals surface area (Å²) in [5, 5.41) is 3.53. The number of hydrogen-bond donors (Lipinski definition) is 2. The molecule has 0 unspecified atom stereocenters. The zero-order valence-corrected chi connectivity index (χ0v) is 13.3. The lowest BCUT2D eigenvalue weighted by molar-refractivity contribution is -0.113. The quantitative estimate of drug-likeness (QED) is 0.550. The van der Waals surface area contributed by atoms with Gasteiger partial charge < -0.3 is 19.8 Å². The van der Waals surface area contributed by atoms with Gasteiger partial charge in [-0.05, 0) is 12.1 Å². The predicted octanol–water partition coefficient (Wildman–Crippen LogP) is 1.85. The molecule has 4 rings (SSSR count). The van der Waals surface area contributed by atoms with E-state index in [0.29, 0.717) is 41.1 Å². The number of thioether (sulfide) groups is 1. The first-order valence-corrected chi connectivity index (χ1v) is 8.24. The molecule has 1 amide bonds. The Morgan fingerprint density at radius 2 is 2.08 bits per heavy atom. The van der Waals surface area contributed by atoms with Gasteiger partial charge in [-0.1, -0.05) is 11.8 Å². The highest BCUT2D eigenvalue weighted by atomic mass is 32.2. The second-order valence-electron chi connectivity index (χ2n) is 4.98. The van der Waals surface area contributed by atoms with Crippen molar-refractivity contribution in [1.82, 2.24) is 19.9 Å². The summed E-state index contributed by atoms with van der Waals surface area (Å²) >= 11 is 1.32. The van der Waals surface area contributed by atoms with Crippen molar-refractivity contribution in [2.75, 3.05) is 24.3 Å². The van der Waals surface area contributed by atoms with Crippen LogP contribution in [-0.2, 0) is 4.79 Å². The number of H-pyrrole nitrogens is 1. The van der Waals surface area contributed by atoms with Gasteiger partial charge in [0.25, 0.3) is 0 Å². The largest absolute Gasteiger partial charge is 0.486 e. The van der Waals surface area contributed by atoms with Crippen LogP contribution in [0.25, 0.3) is 11.2 Å². The van der Waals surface area contributed by atoms with E-state index < -0.39 is 0 Å². The Balaban J connectivity index is 1.41. The summed E-state index contributed by atoms with van der Waals surface area (Å²) in [6.45, 7) is 1.05. The van der Waals surface area contributed by atoms with Crippen molar-refractivity contribution >= 4 is 34.5 Å². The van der Waals surface area contributed by atoms with E-state index in [1.807, 2.05) is 0 Å². The van der Waals surface area contributed by atoms with E-state index >= 15 is 0 Å². The molecule has 0 radical (unpaired) electrons. The van der Waals surface area contributed by atoms with Gasteiger partial charge in [-0.2, -0.15) is 0 Å². The summed E-state index contributed by atoms with van der Waals surface area (Å²) in [5.74, 6) is 1.42. The van der Waals surface area contributed by atoms with Crippen LogP contribution in [0, 0.1) is 0 Å². The molecule has 3 aromatic rings. The topological polar surface area (TPSA) is 102 Å². The number of anilines is 1. The fourth-order valence-corrected chi connectivity index (χ4v) is 3.06. The van der Waals surface area contributed by atoms with E-state index in [1.165, 1.54) is 18.1 Å². The van der Waals surface area contributed by atoms with Gasteiger partial charge in [-0.15, -0.1) is 0 Å². The lowest BCUT2D eigenvalue weighted by Crippen LogP contribution is -2.17. The van der Waals surface area contributed by atoms with Crippen LogP contribution < -0.4 is 14.8 Å². The second kappa shape index (κ2) is 6.36. The molecule has 2 aromatic heterocycles. The van der Waals surface area contributed by atoms with Gasteiger partial charge in [0.1, 0.15) is 30.1 Å². The molecule has 0 fully saturated rings. The third kappa shape index (κ3) is 2.98. The molecule has 0 saturated carbocycles. The molecule has 0 bridgehead atoms. The number of amides is 1. The second-order valence-corrected chi connectivity index (χ2v) is 5.94. The highest BCUT2D eigenvalue weighted by molar-refractivity contribution is 8.00. The molecule has 3 heterocycles. The average molecular weight is 343 g/mol. The number of rotatable bonds is 4. The van der Waals surface area contributed by atoms with Crippen molar-refractivity contribution in [2.24, 2.45) is 0 Å². The number of aromatic amines is 1. The maximum absolute atomic E-state index is 12.2. The minimum Gasteiger partial charge on any atom is -0.486 e. The number of imidazole rings is 1. The van der Waals surface area contributed by atoms with Crippen molar-refractivity contribution in [3.63, 3.8) is 0 Å². The smallest absolute Gasteiger partial charge is 0.234 e. The summed E-state index contributed by atoms with van der Waals surface area (Å²) in [7, 11) is 0. The van der Waals surface area contributed by atoms with Crippen LogP contribution >= 0.6 is 11.8 Å². The Morgan fingerprint density at radius 1 is 1.21 bits per heavy atom. The monoisotopic (exact) mass is 343 g/mol. The lowest BCUT2D eigenvalue weighted by Gasteiger charge is -2.18. The highest BCUT2D eigenvalue weighted by Crippen LogP contribution is 2.32. The highest BCUT2D eigenvalue weighted by Gasteiger charge is 2.13. The fraction of sp³-hybridized carbons (Fsp3) is 0.200. The Kier molecular flexibility index (Phi) is 3.91. The molecule has 24 heavy (non-hydrogen) atoms. The first-order chi connectivity index (χ1) is 11.8. The standard InChI is InChI=1S/C15H13N5O3S/c21-12(6-24-15-13-14(17-7-16-13)18-8-19-15)20-9-1-2-10-11(5-9)23-4-3-22-10/h1-2,5,7-8H,3-4,6H2,(H,20,21)(H,16,17,18,19). The number of fused-ring (bicyclic) bond motifs is 2. The van der Waals surface area contributed by atoms with E-state index in [9.17, 15) is 4.79 Å². The summed E-state index contributed by atoms with van der Waals surface area (Å²) < 4.78 is 11.0. The van der Waals surface area contributed by atoms with Gasteiger partial charge in [0.15, 0.2) is 17.1 Å². The number of nitrogens with zero attached hydrogens (tertiary/aromatic N) is 3. The summed E-state index contributed by atoms with van der Waals surface area (Å²) in [5.41, 5.74) is 1.98. The number of carbonyl (C=O) groups is 1. The number of benzene rings is 1. The molecule has 1 aliphatic heterocycles. The number of aromatic nitrogens is 4. The zero-order valence-electron chi connectivity index (χ0n) is 12.5. The van der Waals surface area contributed by atoms with Gasteiger partial charge in [0.05, 0.1) is 12.1 Å². The van der Waals surface area contributed by atoms with Crippen LogP contribution in [0.5, 0.6) is 11.5 Å². The van der Waals surface area contributed by atoms with E-state index in [4.69, 9.17) is 9.47 Å². The molecule has 1 aliphatic rings. The molecule has 8 nitrogen and oxygen atoms in total. The third-order valence-corrected chi connectivity index (χ3v) is 4.34. The molecule has 0 aliphatic carbocycles. The third-order valence-electron chi connectivity index (χ3n) is 3.35. The Hall–Kier alpha value is -2.81. The average Bonchev–Trinajstić information content (AvgIpc) is 3.09. The molecule has 0 atom stereocenters. The predicted molar refractivity (Wildman–Crippen MR) is 88.5 cm³/mol. The first kappa shape index (κ1) is 14.8. The van der Waals surface area contributed by atoms with Crippen LogP contribution in [0.2, 0.25) is 0 Å². The van der Waals surface area contributed by atoms with Crippen molar-refractivity contribution in [3.05, 3.63) is 30.9 Å². The molecule has 0 saturated heterocycles.